The topological polar surface area (TPSA) is 104 Å². The molecule has 1 heterocycles. The number of sulfonamides is 1. The summed E-state index contributed by atoms with van der Waals surface area (Å²) in [6, 6.07) is 19.6. The fourth-order valence-electron chi connectivity index (χ4n) is 3.15. The van der Waals surface area contributed by atoms with Crippen LogP contribution in [0.4, 0.5) is 5.69 Å². The molecule has 152 valence electrons. The molecular formula is C22H20N4O3S. The lowest BCUT2D eigenvalue weighted by Gasteiger charge is -2.10. The van der Waals surface area contributed by atoms with Gasteiger partial charge in [-0.25, -0.2) is 18.1 Å². The molecule has 30 heavy (non-hydrogen) atoms. The number of hydrogen-bond donors (Lipinski definition) is 3. The second-order valence-electron chi connectivity index (χ2n) is 6.82. The van der Waals surface area contributed by atoms with Crippen LogP contribution < -0.4 is 10.0 Å². The molecule has 1 amide bonds. The number of H-pyrrole nitrogens is 1. The molecule has 0 fully saturated rings. The summed E-state index contributed by atoms with van der Waals surface area (Å²) >= 11 is 0. The average molecular weight is 420 g/mol. The van der Waals surface area contributed by atoms with Crippen LogP contribution in [0.15, 0.2) is 71.6 Å². The molecule has 0 atom stereocenters. The third kappa shape index (κ3) is 3.83. The zero-order valence-corrected chi connectivity index (χ0v) is 17.2. The number of hydrogen-bond acceptors (Lipinski definition) is 4. The molecule has 7 nitrogen and oxygen atoms in total. The number of aromatic nitrogens is 2. The van der Waals surface area contributed by atoms with E-state index in [-0.39, 0.29) is 10.8 Å². The number of carbonyl (C=O) groups is 1. The summed E-state index contributed by atoms with van der Waals surface area (Å²) < 4.78 is 26.4. The minimum atomic E-state index is -3.64. The predicted molar refractivity (Wildman–Crippen MR) is 117 cm³/mol. The summed E-state index contributed by atoms with van der Waals surface area (Å²) in [7, 11) is -2.31. The summed E-state index contributed by atoms with van der Waals surface area (Å²) in [6.07, 6.45) is 0. The zero-order valence-electron chi connectivity index (χ0n) is 16.4. The van der Waals surface area contributed by atoms with Crippen molar-refractivity contribution in [2.24, 2.45) is 0 Å². The number of benzene rings is 3. The highest BCUT2D eigenvalue weighted by atomic mass is 32.2. The molecule has 4 aromatic rings. The maximum atomic E-state index is 12.8. The number of aryl methyl sites for hydroxylation is 1. The second kappa shape index (κ2) is 7.74. The molecular weight excluding hydrogens is 400 g/mol. The largest absolute Gasteiger partial charge is 0.338 e. The van der Waals surface area contributed by atoms with Crippen LogP contribution in [0.5, 0.6) is 0 Å². The van der Waals surface area contributed by atoms with E-state index in [2.05, 4.69) is 20.0 Å². The monoisotopic (exact) mass is 420 g/mol. The van der Waals surface area contributed by atoms with Crippen molar-refractivity contribution in [1.29, 1.82) is 0 Å². The number of imidazole rings is 1. The average Bonchev–Trinajstić information content (AvgIpc) is 3.18. The zero-order chi connectivity index (χ0) is 21.3. The van der Waals surface area contributed by atoms with Crippen molar-refractivity contribution >= 4 is 32.7 Å². The van der Waals surface area contributed by atoms with E-state index in [1.165, 1.54) is 19.2 Å². The van der Waals surface area contributed by atoms with Gasteiger partial charge in [0.2, 0.25) is 10.0 Å². The lowest BCUT2D eigenvalue weighted by molar-refractivity contribution is 0.102. The minimum absolute atomic E-state index is 0.0391. The molecule has 0 spiro atoms. The standard InChI is InChI=1S/C22H20N4O3S/c1-14-8-10-17(30(28,29)23-2)13-18(14)22(27)24-16-9-11-19-20(12-16)26-21(25-19)15-6-4-3-5-7-15/h3-13,23H,1-2H3,(H,24,27)(H,25,26). The van der Waals surface area contributed by atoms with Gasteiger partial charge in [0.1, 0.15) is 5.82 Å². The van der Waals surface area contributed by atoms with Crippen LogP contribution in [0.1, 0.15) is 15.9 Å². The predicted octanol–water partition coefficient (Wildman–Crippen LogP) is 3.70. The summed E-state index contributed by atoms with van der Waals surface area (Å²) in [6.45, 7) is 1.76. The number of carbonyl (C=O) groups excluding carboxylic acids is 1. The van der Waals surface area contributed by atoms with Crippen molar-refractivity contribution in [3.05, 3.63) is 77.9 Å². The van der Waals surface area contributed by atoms with E-state index in [0.717, 1.165) is 22.4 Å². The lowest BCUT2D eigenvalue weighted by Crippen LogP contribution is -2.20. The van der Waals surface area contributed by atoms with E-state index in [1.54, 1.807) is 25.1 Å². The van der Waals surface area contributed by atoms with Crippen molar-refractivity contribution in [2.45, 2.75) is 11.8 Å². The molecule has 0 unspecified atom stereocenters. The minimum Gasteiger partial charge on any atom is -0.338 e. The van der Waals surface area contributed by atoms with Gasteiger partial charge in [-0.15, -0.1) is 0 Å². The third-order valence-corrected chi connectivity index (χ3v) is 6.23. The van der Waals surface area contributed by atoms with Crippen LogP contribution >= 0.6 is 0 Å². The van der Waals surface area contributed by atoms with Gasteiger partial charge in [0.15, 0.2) is 0 Å². The number of nitrogens with zero attached hydrogens (tertiary/aromatic N) is 1. The summed E-state index contributed by atoms with van der Waals surface area (Å²) in [4.78, 5) is 20.7. The normalized spacial score (nSPS) is 11.5. The smallest absolute Gasteiger partial charge is 0.255 e. The highest BCUT2D eigenvalue weighted by molar-refractivity contribution is 7.89. The van der Waals surface area contributed by atoms with Crippen LogP contribution in [-0.4, -0.2) is 31.3 Å². The Labute approximate surface area is 174 Å². The second-order valence-corrected chi connectivity index (χ2v) is 8.71. The fourth-order valence-corrected chi connectivity index (χ4v) is 3.91. The Kier molecular flexibility index (Phi) is 5.11. The molecule has 0 aliphatic rings. The molecule has 3 aromatic carbocycles. The summed E-state index contributed by atoms with van der Waals surface area (Å²) in [5.41, 5.74) is 4.09. The highest BCUT2D eigenvalue weighted by Crippen LogP contribution is 2.24. The first-order chi connectivity index (χ1) is 14.4. The molecule has 0 bridgehead atoms. The molecule has 0 aliphatic heterocycles. The fraction of sp³-hybridized carbons (Fsp3) is 0.0909. The molecule has 4 rings (SSSR count). The molecule has 0 radical (unpaired) electrons. The molecule has 3 N–H and O–H groups in total. The third-order valence-electron chi connectivity index (χ3n) is 4.82. The van der Waals surface area contributed by atoms with Gasteiger partial charge in [0.25, 0.3) is 5.91 Å². The van der Waals surface area contributed by atoms with Gasteiger partial charge in [0, 0.05) is 16.8 Å². The van der Waals surface area contributed by atoms with Gasteiger partial charge in [0.05, 0.1) is 15.9 Å². The van der Waals surface area contributed by atoms with Gasteiger partial charge in [-0.3, -0.25) is 4.79 Å². The number of fused-ring (bicyclic) bond motifs is 1. The number of anilines is 1. The summed E-state index contributed by atoms with van der Waals surface area (Å²) in [5, 5.41) is 2.83. The van der Waals surface area contributed by atoms with Gasteiger partial charge in [-0.2, -0.15) is 0 Å². The molecule has 1 aromatic heterocycles. The van der Waals surface area contributed by atoms with Crippen LogP contribution in [-0.2, 0) is 10.0 Å². The maximum Gasteiger partial charge on any atom is 0.255 e. The van der Waals surface area contributed by atoms with E-state index in [9.17, 15) is 13.2 Å². The van der Waals surface area contributed by atoms with Crippen LogP contribution in [0, 0.1) is 6.92 Å². The Bertz CT molecular complexity index is 1350. The first-order valence-corrected chi connectivity index (χ1v) is 10.8. The Morgan fingerprint density at radius 3 is 2.50 bits per heavy atom. The SMILES string of the molecule is CNS(=O)(=O)c1ccc(C)c(C(=O)Nc2ccc3nc(-c4ccccc4)[nH]c3c2)c1. The lowest BCUT2D eigenvalue weighted by atomic mass is 10.1. The summed E-state index contributed by atoms with van der Waals surface area (Å²) in [5.74, 6) is 0.359. The van der Waals surface area contributed by atoms with Crippen LogP contribution in [0.2, 0.25) is 0 Å². The van der Waals surface area contributed by atoms with Crippen molar-refractivity contribution < 1.29 is 13.2 Å². The highest BCUT2D eigenvalue weighted by Gasteiger charge is 2.17. The molecule has 0 saturated carbocycles. The Morgan fingerprint density at radius 1 is 1.00 bits per heavy atom. The first-order valence-electron chi connectivity index (χ1n) is 9.28. The van der Waals surface area contributed by atoms with E-state index in [1.807, 2.05) is 36.4 Å². The number of nitrogens with one attached hydrogen (secondary N) is 3. The number of rotatable bonds is 5. The van der Waals surface area contributed by atoms with Gasteiger partial charge >= 0.3 is 0 Å². The Balaban J connectivity index is 1.63. The van der Waals surface area contributed by atoms with E-state index in [4.69, 9.17) is 0 Å². The molecule has 0 aliphatic carbocycles. The Hall–Kier alpha value is -3.49. The van der Waals surface area contributed by atoms with E-state index < -0.39 is 10.0 Å². The molecule has 8 heteroatoms. The number of aromatic amines is 1. The number of amides is 1. The Morgan fingerprint density at radius 2 is 1.77 bits per heavy atom. The first kappa shape index (κ1) is 19.8. The van der Waals surface area contributed by atoms with Crippen molar-refractivity contribution in [1.82, 2.24) is 14.7 Å². The quantitative estimate of drug-likeness (QED) is 0.458. The van der Waals surface area contributed by atoms with E-state index in [0.29, 0.717) is 16.8 Å². The van der Waals surface area contributed by atoms with Crippen LogP contribution in [0.3, 0.4) is 0 Å². The maximum absolute atomic E-state index is 12.8. The van der Waals surface area contributed by atoms with Crippen molar-refractivity contribution in [3.63, 3.8) is 0 Å². The van der Waals surface area contributed by atoms with Crippen molar-refractivity contribution in [3.8, 4) is 11.4 Å². The van der Waals surface area contributed by atoms with Gasteiger partial charge in [-0.05, 0) is 49.9 Å². The van der Waals surface area contributed by atoms with Crippen LogP contribution in [0.25, 0.3) is 22.4 Å². The molecule has 0 saturated heterocycles. The van der Waals surface area contributed by atoms with E-state index >= 15 is 0 Å². The van der Waals surface area contributed by atoms with Gasteiger partial charge in [-0.1, -0.05) is 36.4 Å². The van der Waals surface area contributed by atoms with Gasteiger partial charge < -0.3 is 10.3 Å². The van der Waals surface area contributed by atoms with Crippen molar-refractivity contribution in [2.75, 3.05) is 12.4 Å².